The molecule has 3 saturated carbocycles. The smallest absolute Gasteiger partial charge is 0.306 e. The molecule has 3 fully saturated rings. The van der Waals surface area contributed by atoms with Crippen LogP contribution in [-0.4, -0.2) is 81.2 Å². The molecular formula is C71H134NO9P. The van der Waals surface area contributed by atoms with Gasteiger partial charge in [-0.3, -0.25) is 14.2 Å². The molecule has 0 heterocycles. The first kappa shape index (κ1) is 75.0. The van der Waals surface area contributed by atoms with Crippen molar-refractivity contribution in [3.63, 3.8) is 0 Å². The molecule has 0 spiro atoms. The molecule has 0 bridgehead atoms. The molecule has 10 nitrogen and oxygen atoms in total. The highest BCUT2D eigenvalue weighted by molar-refractivity contribution is 7.45. The highest BCUT2D eigenvalue weighted by Gasteiger charge is 2.59. The molecule has 0 radical (unpaired) electrons. The van der Waals surface area contributed by atoms with Crippen molar-refractivity contribution >= 4 is 19.8 Å². The van der Waals surface area contributed by atoms with Crippen molar-refractivity contribution in [2.75, 3.05) is 47.5 Å². The summed E-state index contributed by atoms with van der Waals surface area (Å²) in [5, 5.41) is 10.2. The van der Waals surface area contributed by atoms with Gasteiger partial charge in [0.05, 0.1) is 33.9 Å². The fourth-order valence-electron chi connectivity index (χ4n) is 15.2. The van der Waals surface area contributed by atoms with Crippen LogP contribution < -0.4 is 4.89 Å². The van der Waals surface area contributed by atoms with Crippen molar-refractivity contribution in [2.45, 2.75) is 330 Å². The number of phosphoric ester groups is 1. The van der Waals surface area contributed by atoms with E-state index in [0.29, 0.717) is 34.2 Å². The van der Waals surface area contributed by atoms with Gasteiger partial charge in [-0.25, -0.2) is 0 Å². The summed E-state index contributed by atoms with van der Waals surface area (Å²) in [6.07, 6.45) is 55.4. The van der Waals surface area contributed by atoms with Gasteiger partial charge in [0.1, 0.15) is 19.8 Å². The van der Waals surface area contributed by atoms with Gasteiger partial charge in [0.2, 0.25) is 0 Å². The Balaban J connectivity index is 0.000000518. The van der Waals surface area contributed by atoms with Crippen molar-refractivity contribution in [3.05, 3.63) is 12.2 Å². The van der Waals surface area contributed by atoms with Crippen LogP contribution in [-0.2, 0) is 32.7 Å². The molecule has 4 rings (SSSR count). The van der Waals surface area contributed by atoms with E-state index in [9.17, 15) is 24.2 Å². The zero-order chi connectivity index (χ0) is 60.1. The summed E-state index contributed by atoms with van der Waals surface area (Å²) in [4.78, 5) is 37.5. The molecule has 1 N–H and O–H groups in total. The average Bonchev–Trinajstić information content (AvgIpc) is 3.75. The van der Waals surface area contributed by atoms with Crippen LogP contribution in [0.15, 0.2) is 12.2 Å². The lowest BCUT2D eigenvalue weighted by Crippen LogP contribution is -2.52. The van der Waals surface area contributed by atoms with E-state index < -0.39 is 26.5 Å². The normalized spacial score (nSPS) is 25.6. The van der Waals surface area contributed by atoms with Crippen molar-refractivity contribution in [1.82, 2.24) is 0 Å². The van der Waals surface area contributed by atoms with Crippen LogP contribution >= 0.6 is 7.82 Å². The summed E-state index contributed by atoms with van der Waals surface area (Å²) < 4.78 is 33.9. The molecule has 0 aromatic carbocycles. The number of esters is 2. The minimum absolute atomic E-state index is 0.0256. The Labute approximate surface area is 506 Å². The number of carbonyl (C=O) groups is 2. The van der Waals surface area contributed by atoms with E-state index in [1.165, 1.54) is 205 Å². The van der Waals surface area contributed by atoms with Crippen molar-refractivity contribution in [1.29, 1.82) is 0 Å². The van der Waals surface area contributed by atoms with Crippen LogP contribution in [0.1, 0.15) is 318 Å². The van der Waals surface area contributed by atoms with E-state index in [1.807, 2.05) is 21.1 Å². The molecule has 0 aromatic heterocycles. The number of unbranched alkanes of at least 4 members (excludes halogenated alkanes) is 28. The molecule has 482 valence electrons. The first-order valence-corrected chi connectivity index (χ1v) is 36.8. The Morgan fingerprint density at radius 1 is 0.585 bits per heavy atom. The second kappa shape index (κ2) is 42.6. The first-order chi connectivity index (χ1) is 39.2. The third-order valence-electron chi connectivity index (χ3n) is 20.5. The minimum Gasteiger partial charge on any atom is -0.756 e. The molecule has 0 amide bonds. The molecule has 0 aliphatic heterocycles. The van der Waals surface area contributed by atoms with Gasteiger partial charge < -0.3 is 33.0 Å². The number of aliphatic hydroxyl groups is 1. The fraction of sp³-hybridized carbons (Fsp3) is 0.944. The van der Waals surface area contributed by atoms with Crippen LogP contribution in [0.25, 0.3) is 0 Å². The van der Waals surface area contributed by atoms with Crippen LogP contribution in [0.5, 0.6) is 0 Å². The third kappa shape index (κ3) is 31.1. The number of rotatable bonds is 47. The number of fused-ring (bicyclic) bond motifs is 5. The molecule has 8 unspecified atom stereocenters. The van der Waals surface area contributed by atoms with Gasteiger partial charge in [0.25, 0.3) is 7.82 Å². The van der Waals surface area contributed by atoms with Gasteiger partial charge in [-0.2, -0.15) is 0 Å². The number of aliphatic hydroxyl groups excluding tert-OH is 1. The maximum Gasteiger partial charge on any atom is 0.306 e. The van der Waals surface area contributed by atoms with Crippen LogP contribution in [0.4, 0.5) is 0 Å². The summed E-state index contributed by atoms with van der Waals surface area (Å²) in [6.45, 7) is 16.8. The molecule has 4 aliphatic carbocycles. The number of allylic oxidation sites excluding steroid dienone is 2. The second-order valence-corrected chi connectivity index (χ2v) is 30.4. The second-order valence-electron chi connectivity index (χ2n) is 29.0. The number of hydrogen-bond donors (Lipinski definition) is 1. The lowest BCUT2D eigenvalue weighted by molar-refractivity contribution is -0.870. The Morgan fingerprint density at radius 3 is 1.54 bits per heavy atom. The van der Waals surface area contributed by atoms with E-state index in [2.05, 4.69) is 60.6 Å². The Hall–Kier alpha value is -1.29. The Morgan fingerprint density at radius 2 is 1.05 bits per heavy atom. The Bertz CT molecular complexity index is 1720. The van der Waals surface area contributed by atoms with Crippen molar-refractivity contribution in [2.24, 2.45) is 52.3 Å². The fourth-order valence-corrected chi connectivity index (χ4v) is 15.9. The monoisotopic (exact) mass is 1180 g/mol. The van der Waals surface area contributed by atoms with E-state index in [4.69, 9.17) is 18.5 Å². The van der Waals surface area contributed by atoms with Crippen LogP contribution in [0.2, 0.25) is 0 Å². The lowest BCUT2D eigenvalue weighted by Gasteiger charge is -2.59. The predicted octanol–water partition coefficient (Wildman–Crippen LogP) is 19.4. The van der Waals surface area contributed by atoms with Crippen LogP contribution in [0, 0.1) is 52.3 Å². The van der Waals surface area contributed by atoms with Gasteiger partial charge in [-0.05, 0) is 110 Å². The van der Waals surface area contributed by atoms with Gasteiger partial charge in [0.15, 0.2) is 6.10 Å². The summed E-state index contributed by atoms with van der Waals surface area (Å²) in [6, 6.07) is 0. The van der Waals surface area contributed by atoms with Gasteiger partial charge >= 0.3 is 11.9 Å². The maximum absolute atomic E-state index is 12.7. The summed E-state index contributed by atoms with van der Waals surface area (Å²) in [5.41, 5.74) is 1.01. The number of quaternary nitrogens is 1. The van der Waals surface area contributed by atoms with Crippen molar-refractivity contribution < 1.29 is 47.2 Å². The van der Waals surface area contributed by atoms with E-state index in [-0.39, 0.29) is 38.1 Å². The van der Waals surface area contributed by atoms with Gasteiger partial charge in [-0.15, -0.1) is 0 Å². The maximum atomic E-state index is 12.7. The molecule has 0 aromatic rings. The zero-order valence-electron chi connectivity index (χ0n) is 55.5. The largest absolute Gasteiger partial charge is 0.756 e. The summed E-state index contributed by atoms with van der Waals surface area (Å²) in [7, 11) is 1.18. The number of hydrogen-bond acceptors (Lipinski definition) is 9. The average molecular weight is 1180 g/mol. The highest BCUT2D eigenvalue weighted by Crippen LogP contribution is 2.67. The molecule has 11 heteroatoms. The standard InChI is InChI=1S/C44H88NO8P.C27H46O/c1-6-8-10-12-14-16-18-20-22-24-26-28-30-32-34-36-43(46)50-40-42(41-52-54(48,49)51-39-38-45(3,4)5)53-44(47)37-35-33-31-29-27-25-23-21-19-17-15-13-11-9-7-2;1-18(2)7-6-8-19(3)23-11-12-24-22-10-9-20-17-21(28)13-15-26(20,4)25(22)14-16-27(23,24)5/h42H,6-41H2,1-5H3;9-10,18-25,28H,6-8,11-17H2,1-5H3/t;19?,20?,21-,22?,23?,24?,25?,26-,27+/m.0/s1. The third-order valence-corrected chi connectivity index (χ3v) is 21.4. The number of ether oxygens (including phenoxy) is 2. The minimum atomic E-state index is -4.62. The summed E-state index contributed by atoms with van der Waals surface area (Å²) in [5.74, 6) is 5.07. The number of likely N-dealkylation sites (N-methyl/N-ethyl adjacent to an activating group) is 1. The van der Waals surface area contributed by atoms with Gasteiger partial charge in [-0.1, -0.05) is 260 Å². The van der Waals surface area contributed by atoms with Crippen LogP contribution in [0.3, 0.4) is 0 Å². The number of phosphoric acid groups is 1. The van der Waals surface area contributed by atoms with E-state index in [1.54, 1.807) is 0 Å². The quantitative estimate of drug-likeness (QED) is 0.0208. The molecule has 0 saturated heterocycles. The molecule has 11 atom stereocenters. The summed E-state index contributed by atoms with van der Waals surface area (Å²) >= 11 is 0. The number of carbonyl (C=O) groups excluding carboxylic acids is 2. The topological polar surface area (TPSA) is 131 Å². The molecule has 82 heavy (non-hydrogen) atoms. The van der Waals surface area contributed by atoms with E-state index >= 15 is 0 Å². The molecule has 4 aliphatic rings. The Kier molecular flexibility index (Phi) is 38.9. The van der Waals surface area contributed by atoms with Gasteiger partial charge in [0, 0.05) is 12.8 Å². The number of nitrogens with zero attached hydrogens (tertiary/aromatic N) is 1. The van der Waals surface area contributed by atoms with Crippen molar-refractivity contribution in [3.8, 4) is 0 Å². The lowest BCUT2D eigenvalue weighted by atomic mass is 9.46. The first-order valence-electron chi connectivity index (χ1n) is 35.4. The predicted molar refractivity (Wildman–Crippen MR) is 341 cm³/mol. The highest BCUT2D eigenvalue weighted by atomic mass is 31.2. The molecular weight excluding hydrogens is 1040 g/mol. The van der Waals surface area contributed by atoms with E-state index in [0.717, 1.165) is 80.5 Å². The SMILES string of the molecule is CC(C)CCCC(C)C1CCC2C3C=CC4C[C@@H](O)CC[C@]4(C)C3CC[C@]12C.CCCCCCCCCCCCCCCCCC(=O)OCC(COP(=O)([O-])OCC[N+](C)(C)C)OC(=O)CCCCCCCCCCCCCCCCC. The zero-order valence-corrected chi connectivity index (χ0v) is 56.4.